The number of likely N-dealkylation sites (N-methyl/N-ethyl adjacent to an activating group) is 1. The Morgan fingerprint density at radius 2 is 2.12 bits per heavy atom. The van der Waals surface area contributed by atoms with Crippen molar-refractivity contribution in [3.63, 3.8) is 0 Å². The predicted molar refractivity (Wildman–Crippen MR) is 100 cm³/mol. The van der Waals surface area contributed by atoms with Gasteiger partial charge in [0.05, 0.1) is 18.1 Å². The standard InChI is InChI=1S/C18H29N5O2/c1-13(12-22(2)3)11-19-18(24)23(4)9-8-17-20-15-7-6-14(25-5)10-16(15)21-17/h6-7,10,13H,8-9,11-12H2,1-5H3,(H,19,24)(H,20,21)/t13-/m1/s1. The first-order valence-electron chi connectivity index (χ1n) is 8.55. The lowest BCUT2D eigenvalue weighted by molar-refractivity contribution is 0.206. The van der Waals surface area contributed by atoms with Crippen LogP contribution in [0.1, 0.15) is 12.7 Å². The first-order chi connectivity index (χ1) is 11.9. The summed E-state index contributed by atoms with van der Waals surface area (Å²) in [5, 5.41) is 2.98. The van der Waals surface area contributed by atoms with E-state index in [1.807, 2.05) is 32.3 Å². The molecule has 7 heteroatoms. The number of nitrogens with one attached hydrogen (secondary N) is 2. The Morgan fingerprint density at radius 1 is 1.36 bits per heavy atom. The Bertz CT molecular complexity index is 698. The number of methoxy groups -OCH3 is 1. The van der Waals surface area contributed by atoms with Crippen molar-refractivity contribution in [3.05, 3.63) is 24.0 Å². The van der Waals surface area contributed by atoms with E-state index in [0.29, 0.717) is 25.4 Å². The van der Waals surface area contributed by atoms with Gasteiger partial charge in [0.2, 0.25) is 0 Å². The van der Waals surface area contributed by atoms with Gasteiger partial charge in [-0.25, -0.2) is 9.78 Å². The van der Waals surface area contributed by atoms with Crippen molar-refractivity contribution >= 4 is 17.1 Å². The Labute approximate surface area is 149 Å². The van der Waals surface area contributed by atoms with E-state index in [4.69, 9.17) is 4.74 Å². The van der Waals surface area contributed by atoms with Crippen LogP contribution in [0.15, 0.2) is 18.2 Å². The molecule has 2 aromatic rings. The lowest BCUT2D eigenvalue weighted by Gasteiger charge is -2.21. The SMILES string of the molecule is COc1ccc2nc(CCN(C)C(=O)NC[C@@H](C)CN(C)C)[nH]c2c1. The summed E-state index contributed by atoms with van der Waals surface area (Å²) in [6.07, 6.45) is 0.675. The third-order valence-electron chi connectivity index (χ3n) is 4.05. The minimum absolute atomic E-state index is 0.0524. The van der Waals surface area contributed by atoms with Crippen molar-refractivity contribution in [3.8, 4) is 5.75 Å². The number of nitrogens with zero attached hydrogens (tertiary/aromatic N) is 3. The Morgan fingerprint density at radius 3 is 2.80 bits per heavy atom. The second-order valence-electron chi connectivity index (χ2n) is 6.79. The number of amides is 2. The van der Waals surface area contributed by atoms with Gasteiger partial charge in [0.1, 0.15) is 11.6 Å². The average molecular weight is 347 g/mol. The minimum Gasteiger partial charge on any atom is -0.497 e. The van der Waals surface area contributed by atoms with Crippen LogP contribution in [-0.2, 0) is 6.42 Å². The third-order valence-corrected chi connectivity index (χ3v) is 4.05. The van der Waals surface area contributed by atoms with Gasteiger partial charge in [0, 0.05) is 39.2 Å². The van der Waals surface area contributed by atoms with Gasteiger partial charge in [0.15, 0.2) is 0 Å². The van der Waals surface area contributed by atoms with E-state index in [9.17, 15) is 4.79 Å². The molecule has 0 radical (unpaired) electrons. The van der Waals surface area contributed by atoms with Crippen LogP contribution in [0.25, 0.3) is 11.0 Å². The van der Waals surface area contributed by atoms with E-state index in [1.165, 1.54) is 0 Å². The molecule has 2 N–H and O–H groups in total. The molecule has 2 amide bonds. The van der Waals surface area contributed by atoms with Crippen LogP contribution >= 0.6 is 0 Å². The number of aromatic nitrogens is 2. The van der Waals surface area contributed by atoms with Gasteiger partial charge in [0.25, 0.3) is 0 Å². The number of hydrogen-bond donors (Lipinski definition) is 2. The van der Waals surface area contributed by atoms with Crippen LogP contribution in [0.5, 0.6) is 5.75 Å². The number of carbonyl (C=O) groups is 1. The van der Waals surface area contributed by atoms with E-state index in [1.54, 1.807) is 19.1 Å². The molecule has 1 aromatic carbocycles. The molecule has 0 spiro atoms. The second-order valence-corrected chi connectivity index (χ2v) is 6.79. The number of aromatic amines is 1. The molecule has 1 aromatic heterocycles. The lowest BCUT2D eigenvalue weighted by Crippen LogP contribution is -2.41. The second kappa shape index (κ2) is 8.71. The van der Waals surface area contributed by atoms with E-state index < -0.39 is 0 Å². The topological polar surface area (TPSA) is 73.5 Å². The van der Waals surface area contributed by atoms with Gasteiger partial charge in [-0.15, -0.1) is 0 Å². The number of rotatable bonds is 8. The fourth-order valence-electron chi connectivity index (χ4n) is 2.75. The van der Waals surface area contributed by atoms with Crippen LogP contribution in [0, 0.1) is 5.92 Å². The van der Waals surface area contributed by atoms with E-state index in [-0.39, 0.29) is 6.03 Å². The van der Waals surface area contributed by atoms with Crippen molar-refractivity contribution in [1.82, 2.24) is 25.1 Å². The Kier molecular flexibility index (Phi) is 6.64. The van der Waals surface area contributed by atoms with Crippen molar-refractivity contribution in [2.24, 2.45) is 5.92 Å². The summed E-state index contributed by atoms with van der Waals surface area (Å²) in [6, 6.07) is 5.69. The van der Waals surface area contributed by atoms with Gasteiger partial charge < -0.3 is 24.8 Å². The highest BCUT2D eigenvalue weighted by Crippen LogP contribution is 2.18. The summed E-state index contributed by atoms with van der Waals surface area (Å²) >= 11 is 0. The molecular weight excluding hydrogens is 318 g/mol. The normalized spacial score (nSPS) is 12.4. The smallest absolute Gasteiger partial charge is 0.317 e. The highest BCUT2D eigenvalue weighted by atomic mass is 16.5. The summed E-state index contributed by atoms with van der Waals surface area (Å²) in [7, 11) is 7.52. The van der Waals surface area contributed by atoms with Crippen LogP contribution in [0.4, 0.5) is 4.79 Å². The summed E-state index contributed by atoms with van der Waals surface area (Å²) < 4.78 is 5.22. The van der Waals surface area contributed by atoms with E-state index in [0.717, 1.165) is 29.2 Å². The summed E-state index contributed by atoms with van der Waals surface area (Å²) in [5.41, 5.74) is 1.85. The van der Waals surface area contributed by atoms with Crippen molar-refractivity contribution < 1.29 is 9.53 Å². The zero-order chi connectivity index (χ0) is 18.4. The Hall–Kier alpha value is -2.28. The largest absolute Gasteiger partial charge is 0.497 e. The average Bonchev–Trinajstić information content (AvgIpc) is 2.98. The maximum Gasteiger partial charge on any atom is 0.317 e. The van der Waals surface area contributed by atoms with Gasteiger partial charge >= 0.3 is 6.03 Å². The third kappa shape index (κ3) is 5.63. The molecule has 0 bridgehead atoms. The number of imidazole rings is 1. The van der Waals surface area contributed by atoms with Gasteiger partial charge in [-0.2, -0.15) is 0 Å². The highest BCUT2D eigenvalue weighted by Gasteiger charge is 2.12. The van der Waals surface area contributed by atoms with Gasteiger partial charge in [-0.1, -0.05) is 6.92 Å². The molecule has 1 atom stereocenters. The van der Waals surface area contributed by atoms with Gasteiger partial charge in [-0.05, 0) is 32.1 Å². The molecule has 0 saturated heterocycles. The van der Waals surface area contributed by atoms with Crippen molar-refractivity contribution in [2.75, 3.05) is 47.9 Å². The zero-order valence-electron chi connectivity index (χ0n) is 15.8. The van der Waals surface area contributed by atoms with Crippen LogP contribution in [0.2, 0.25) is 0 Å². The number of H-pyrrole nitrogens is 1. The summed E-state index contributed by atoms with van der Waals surface area (Å²) in [5.74, 6) is 2.08. The van der Waals surface area contributed by atoms with Gasteiger partial charge in [-0.3, -0.25) is 0 Å². The molecule has 0 aliphatic heterocycles. The molecule has 25 heavy (non-hydrogen) atoms. The van der Waals surface area contributed by atoms with Crippen molar-refractivity contribution in [1.29, 1.82) is 0 Å². The molecule has 0 saturated carbocycles. The number of carbonyl (C=O) groups excluding carboxylic acids is 1. The number of benzene rings is 1. The molecule has 1 heterocycles. The monoisotopic (exact) mass is 347 g/mol. The van der Waals surface area contributed by atoms with Crippen LogP contribution < -0.4 is 10.1 Å². The maximum absolute atomic E-state index is 12.2. The predicted octanol–water partition coefficient (Wildman–Crippen LogP) is 1.95. The molecule has 0 unspecified atom stereocenters. The first-order valence-corrected chi connectivity index (χ1v) is 8.55. The quantitative estimate of drug-likeness (QED) is 0.765. The highest BCUT2D eigenvalue weighted by molar-refractivity contribution is 5.77. The minimum atomic E-state index is -0.0524. The van der Waals surface area contributed by atoms with Crippen LogP contribution in [0.3, 0.4) is 0 Å². The van der Waals surface area contributed by atoms with E-state index >= 15 is 0 Å². The fraction of sp³-hybridized carbons (Fsp3) is 0.556. The maximum atomic E-state index is 12.2. The molecule has 0 fully saturated rings. The molecule has 0 aliphatic carbocycles. The molecule has 0 aliphatic rings. The van der Waals surface area contributed by atoms with E-state index in [2.05, 4.69) is 27.1 Å². The molecule has 2 rings (SSSR count). The fourth-order valence-corrected chi connectivity index (χ4v) is 2.75. The number of hydrogen-bond acceptors (Lipinski definition) is 4. The molecule has 7 nitrogen and oxygen atoms in total. The first kappa shape index (κ1) is 19.1. The Balaban J connectivity index is 1.82. The zero-order valence-corrected chi connectivity index (χ0v) is 15.8. The molecular formula is C18H29N5O2. The van der Waals surface area contributed by atoms with Crippen LogP contribution in [-0.4, -0.2) is 73.7 Å². The number of ether oxygens (including phenoxy) is 1. The molecule has 138 valence electrons. The number of urea groups is 1. The lowest BCUT2D eigenvalue weighted by atomic mass is 10.2. The van der Waals surface area contributed by atoms with Crippen molar-refractivity contribution in [2.45, 2.75) is 13.3 Å². The summed E-state index contributed by atoms with van der Waals surface area (Å²) in [6.45, 7) is 4.35. The summed E-state index contributed by atoms with van der Waals surface area (Å²) in [4.78, 5) is 23.8. The number of fused-ring (bicyclic) bond motifs is 1.